The summed E-state index contributed by atoms with van der Waals surface area (Å²) in [6.45, 7) is 0. The van der Waals surface area contributed by atoms with Gasteiger partial charge in [-0.25, -0.2) is 0 Å². The summed E-state index contributed by atoms with van der Waals surface area (Å²) in [5.41, 5.74) is 12.8. The molecule has 67 heavy (non-hydrogen) atoms. The van der Waals surface area contributed by atoms with E-state index >= 15 is 0 Å². The standard InChI is InChI=1S/C62H39N3O2/c1-4-20-40(21-5-1)63(51-34-18-32-49-45-28-14-16-36-57(45)66-61(49)51)53-38-55-59(47-30-12-10-26-43(47)53)60-48-31-13-11-27-44(48)54(39-56(60)65(55)42-24-8-3-9-25-42)64(41-22-6-2-7-23-41)52-35-19-33-50-46-29-15-17-37-58(46)67-62(50)52/h1-39H. The summed E-state index contributed by atoms with van der Waals surface area (Å²) in [6.07, 6.45) is 0. The Labute approximate surface area is 385 Å². The van der Waals surface area contributed by atoms with Gasteiger partial charge >= 0.3 is 0 Å². The van der Waals surface area contributed by atoms with Crippen molar-refractivity contribution in [3.05, 3.63) is 237 Å². The molecule has 5 nitrogen and oxygen atoms in total. The van der Waals surface area contributed by atoms with Crippen LogP contribution in [0.2, 0.25) is 0 Å². The average molecular weight is 858 g/mol. The molecule has 3 heterocycles. The molecule has 0 aliphatic heterocycles. The summed E-state index contributed by atoms with van der Waals surface area (Å²) >= 11 is 0. The molecule has 314 valence electrons. The number of fused-ring (bicyclic) bond motifs is 13. The van der Waals surface area contributed by atoms with E-state index < -0.39 is 0 Å². The molecular formula is C62H39N3O2. The Morgan fingerprint density at radius 2 is 0.642 bits per heavy atom. The molecule has 0 fully saturated rings. The van der Waals surface area contributed by atoms with E-state index in [2.05, 4.69) is 239 Å². The summed E-state index contributed by atoms with van der Waals surface area (Å²) < 4.78 is 16.0. The van der Waals surface area contributed by atoms with Crippen molar-refractivity contribution in [1.82, 2.24) is 4.57 Å². The monoisotopic (exact) mass is 857 g/mol. The third-order valence-electron chi connectivity index (χ3n) is 13.5. The Balaban J connectivity index is 1.13. The smallest absolute Gasteiger partial charge is 0.159 e. The molecule has 0 radical (unpaired) electrons. The SMILES string of the molecule is c1ccc(N(c2cc3c(c4ccccc24)c2c4ccccc4c(N(c4ccccc4)c4cccc5c4oc4ccccc45)cc2n3-c2ccccc2)c2cccc3c2oc2ccccc23)cc1. The summed E-state index contributed by atoms with van der Waals surface area (Å²) in [6, 6.07) is 84.4. The Bertz CT molecular complexity index is 3970. The van der Waals surface area contributed by atoms with Crippen LogP contribution < -0.4 is 9.80 Å². The summed E-state index contributed by atoms with van der Waals surface area (Å²) in [4.78, 5) is 4.77. The van der Waals surface area contributed by atoms with Crippen molar-refractivity contribution in [3.8, 4) is 5.69 Å². The molecule has 0 spiro atoms. The van der Waals surface area contributed by atoms with Crippen LogP contribution >= 0.6 is 0 Å². The van der Waals surface area contributed by atoms with E-state index in [-0.39, 0.29) is 0 Å². The fourth-order valence-electron chi connectivity index (χ4n) is 10.7. The van der Waals surface area contributed by atoms with E-state index in [1.54, 1.807) is 0 Å². The lowest BCUT2D eigenvalue weighted by Gasteiger charge is -2.27. The lowest BCUT2D eigenvalue weighted by molar-refractivity contribution is 0.669. The van der Waals surface area contributed by atoms with Gasteiger partial charge in [-0.2, -0.15) is 0 Å². The molecule has 14 rings (SSSR count). The minimum atomic E-state index is 0.844. The Morgan fingerprint density at radius 1 is 0.284 bits per heavy atom. The number of furan rings is 2. The molecule has 0 saturated carbocycles. The Morgan fingerprint density at radius 3 is 1.09 bits per heavy atom. The van der Waals surface area contributed by atoms with Crippen LogP contribution in [0.25, 0.3) is 92.9 Å². The molecule has 0 saturated heterocycles. The lowest BCUT2D eigenvalue weighted by Crippen LogP contribution is -2.11. The zero-order valence-corrected chi connectivity index (χ0v) is 36.2. The number of benzene rings is 11. The minimum absolute atomic E-state index is 0.844. The van der Waals surface area contributed by atoms with E-state index in [1.807, 2.05) is 12.1 Å². The predicted molar refractivity (Wildman–Crippen MR) is 280 cm³/mol. The zero-order chi connectivity index (χ0) is 44.0. The van der Waals surface area contributed by atoms with Gasteiger partial charge < -0.3 is 23.2 Å². The van der Waals surface area contributed by atoms with Crippen molar-refractivity contribution in [2.45, 2.75) is 0 Å². The maximum Gasteiger partial charge on any atom is 0.159 e. The summed E-state index contributed by atoms with van der Waals surface area (Å²) in [7, 11) is 0. The number of nitrogens with zero attached hydrogens (tertiary/aromatic N) is 3. The highest BCUT2D eigenvalue weighted by atomic mass is 16.3. The summed E-state index contributed by atoms with van der Waals surface area (Å²) in [5, 5.41) is 11.3. The fraction of sp³-hybridized carbons (Fsp3) is 0. The molecule has 14 aromatic rings. The van der Waals surface area contributed by atoms with Crippen molar-refractivity contribution in [3.63, 3.8) is 0 Å². The maximum atomic E-state index is 6.79. The van der Waals surface area contributed by atoms with E-state index in [1.165, 1.54) is 10.8 Å². The second kappa shape index (κ2) is 14.7. The quantitative estimate of drug-likeness (QED) is 0.160. The number of para-hydroxylation sites is 7. The first-order valence-corrected chi connectivity index (χ1v) is 22.8. The van der Waals surface area contributed by atoms with Gasteiger partial charge in [0.05, 0.1) is 33.8 Å². The van der Waals surface area contributed by atoms with Crippen molar-refractivity contribution in [2.75, 3.05) is 9.80 Å². The molecule has 0 unspecified atom stereocenters. The van der Waals surface area contributed by atoms with Gasteiger partial charge in [0.2, 0.25) is 0 Å². The number of hydrogen-bond acceptors (Lipinski definition) is 4. The third-order valence-corrected chi connectivity index (χ3v) is 13.5. The molecular weight excluding hydrogens is 819 g/mol. The number of anilines is 6. The molecule has 0 N–H and O–H groups in total. The van der Waals surface area contributed by atoms with Crippen LogP contribution in [-0.4, -0.2) is 4.57 Å². The van der Waals surface area contributed by atoms with Crippen LogP contribution in [0.1, 0.15) is 0 Å². The second-order valence-corrected chi connectivity index (χ2v) is 17.2. The van der Waals surface area contributed by atoms with Crippen molar-refractivity contribution in [2.24, 2.45) is 0 Å². The van der Waals surface area contributed by atoms with E-state index in [4.69, 9.17) is 8.83 Å². The van der Waals surface area contributed by atoms with E-state index in [0.717, 1.165) is 116 Å². The number of hydrogen-bond donors (Lipinski definition) is 0. The highest BCUT2D eigenvalue weighted by Crippen LogP contribution is 2.52. The molecule has 0 aliphatic carbocycles. The second-order valence-electron chi connectivity index (χ2n) is 17.2. The van der Waals surface area contributed by atoms with Gasteiger partial charge in [0.25, 0.3) is 0 Å². The highest BCUT2D eigenvalue weighted by molar-refractivity contribution is 6.32. The van der Waals surface area contributed by atoms with E-state index in [9.17, 15) is 0 Å². The first-order chi connectivity index (χ1) is 33.3. The largest absolute Gasteiger partial charge is 0.454 e. The van der Waals surface area contributed by atoms with Crippen LogP contribution in [0.4, 0.5) is 34.1 Å². The van der Waals surface area contributed by atoms with Gasteiger partial charge in [-0.3, -0.25) is 0 Å². The van der Waals surface area contributed by atoms with Crippen LogP contribution in [0.3, 0.4) is 0 Å². The van der Waals surface area contributed by atoms with Gasteiger partial charge in [0.15, 0.2) is 11.2 Å². The molecule has 0 amide bonds. The van der Waals surface area contributed by atoms with Crippen LogP contribution in [-0.2, 0) is 0 Å². The molecule has 5 heteroatoms. The van der Waals surface area contributed by atoms with Crippen molar-refractivity contribution < 1.29 is 8.83 Å². The van der Waals surface area contributed by atoms with Crippen molar-refractivity contribution >= 4 is 121 Å². The normalized spacial score (nSPS) is 11.9. The first-order valence-electron chi connectivity index (χ1n) is 22.8. The van der Waals surface area contributed by atoms with Crippen molar-refractivity contribution in [1.29, 1.82) is 0 Å². The first kappa shape index (κ1) is 37.3. The lowest BCUT2D eigenvalue weighted by atomic mass is 9.96. The van der Waals surface area contributed by atoms with E-state index in [0.29, 0.717) is 0 Å². The number of rotatable bonds is 7. The maximum absolute atomic E-state index is 6.79. The van der Waals surface area contributed by atoms with Crippen LogP contribution in [0, 0.1) is 0 Å². The van der Waals surface area contributed by atoms with Gasteiger partial charge in [0, 0.05) is 60.2 Å². The Kier molecular flexibility index (Phi) is 8.21. The minimum Gasteiger partial charge on any atom is -0.454 e. The predicted octanol–water partition coefficient (Wildman–Crippen LogP) is 17.8. The molecule has 0 aliphatic rings. The van der Waals surface area contributed by atoms with Gasteiger partial charge in [-0.15, -0.1) is 0 Å². The van der Waals surface area contributed by atoms with Gasteiger partial charge in [-0.1, -0.05) is 164 Å². The average Bonchev–Trinajstić information content (AvgIpc) is 4.08. The highest BCUT2D eigenvalue weighted by Gasteiger charge is 2.28. The third kappa shape index (κ3) is 5.62. The topological polar surface area (TPSA) is 37.7 Å². The molecule has 11 aromatic carbocycles. The summed E-state index contributed by atoms with van der Waals surface area (Å²) in [5.74, 6) is 0. The van der Waals surface area contributed by atoms with Crippen LogP contribution in [0.15, 0.2) is 245 Å². The molecule has 0 atom stereocenters. The fourth-order valence-corrected chi connectivity index (χ4v) is 10.7. The molecule has 0 bridgehead atoms. The zero-order valence-electron chi connectivity index (χ0n) is 36.2. The number of aromatic nitrogens is 1. The molecule has 3 aromatic heterocycles. The van der Waals surface area contributed by atoms with Gasteiger partial charge in [-0.05, 0) is 83.6 Å². The van der Waals surface area contributed by atoms with Crippen LogP contribution in [0.5, 0.6) is 0 Å². The Hall–Kier alpha value is -9.06. The van der Waals surface area contributed by atoms with Gasteiger partial charge in [0.1, 0.15) is 11.2 Å².